The number of likely N-dealkylation sites (tertiary alicyclic amines) is 1. The third-order valence-corrected chi connectivity index (χ3v) is 5.54. The number of Topliss-reactive ketones (excluding diaryl/α,β-unsaturated/α-hetero) is 1. The number of halogens is 2. The molecule has 1 unspecified atom stereocenters. The van der Waals surface area contributed by atoms with Gasteiger partial charge in [0.25, 0.3) is 0 Å². The standard InChI is InChI=1S/C24H27ClFNO4/c1-16(2)30-24(29)31-22(19-4-3-5-20(25)14-19)15-27-12-10-18(11-13-27)23(28)17-6-8-21(26)9-7-17/h3-9,14,16,18,22H,10-13,15H2,1-2H3. The van der Waals surface area contributed by atoms with E-state index < -0.39 is 12.3 Å². The van der Waals surface area contributed by atoms with Crippen LogP contribution in [-0.2, 0) is 9.47 Å². The molecule has 0 N–H and O–H groups in total. The molecule has 1 heterocycles. The van der Waals surface area contributed by atoms with Gasteiger partial charge in [0, 0.05) is 23.0 Å². The largest absolute Gasteiger partial charge is 0.509 e. The van der Waals surface area contributed by atoms with Crippen LogP contribution >= 0.6 is 11.6 Å². The molecule has 1 aliphatic rings. The lowest BCUT2D eigenvalue weighted by molar-refractivity contribution is -0.00711. The fraction of sp³-hybridized carbons (Fsp3) is 0.417. The second-order valence-corrected chi connectivity index (χ2v) is 8.46. The summed E-state index contributed by atoms with van der Waals surface area (Å²) < 4.78 is 23.9. The summed E-state index contributed by atoms with van der Waals surface area (Å²) in [5.74, 6) is -0.407. The van der Waals surface area contributed by atoms with Crippen LogP contribution in [0.2, 0.25) is 5.02 Å². The van der Waals surface area contributed by atoms with Crippen molar-refractivity contribution in [3.05, 3.63) is 70.5 Å². The molecule has 1 atom stereocenters. The normalized spacial score (nSPS) is 16.2. The lowest BCUT2D eigenvalue weighted by Crippen LogP contribution is -2.39. The van der Waals surface area contributed by atoms with Crippen molar-refractivity contribution in [3.8, 4) is 0 Å². The van der Waals surface area contributed by atoms with Crippen LogP contribution in [-0.4, -0.2) is 42.6 Å². The molecule has 0 spiro atoms. The van der Waals surface area contributed by atoms with Gasteiger partial charge >= 0.3 is 6.16 Å². The predicted molar refractivity (Wildman–Crippen MR) is 117 cm³/mol. The molecule has 31 heavy (non-hydrogen) atoms. The summed E-state index contributed by atoms with van der Waals surface area (Å²) in [6, 6.07) is 12.9. The number of hydrogen-bond donors (Lipinski definition) is 0. The average molecular weight is 448 g/mol. The van der Waals surface area contributed by atoms with Gasteiger partial charge in [-0.1, -0.05) is 23.7 Å². The topological polar surface area (TPSA) is 55.8 Å². The van der Waals surface area contributed by atoms with E-state index in [1.54, 1.807) is 26.0 Å². The second kappa shape index (κ2) is 10.7. The lowest BCUT2D eigenvalue weighted by atomic mass is 9.88. The number of benzene rings is 2. The van der Waals surface area contributed by atoms with Gasteiger partial charge in [0.15, 0.2) is 5.78 Å². The zero-order valence-corrected chi connectivity index (χ0v) is 18.5. The summed E-state index contributed by atoms with van der Waals surface area (Å²) in [5, 5.41) is 0.562. The molecule has 166 valence electrons. The molecule has 3 rings (SSSR count). The Kier molecular flexibility index (Phi) is 8.04. The van der Waals surface area contributed by atoms with Crippen LogP contribution in [0.3, 0.4) is 0 Å². The molecular weight excluding hydrogens is 421 g/mol. The van der Waals surface area contributed by atoms with Crippen molar-refractivity contribution in [3.63, 3.8) is 0 Å². The van der Waals surface area contributed by atoms with Crippen molar-refractivity contribution in [2.75, 3.05) is 19.6 Å². The molecule has 1 fully saturated rings. The number of nitrogens with zero attached hydrogens (tertiary/aromatic N) is 1. The van der Waals surface area contributed by atoms with Crippen molar-refractivity contribution < 1.29 is 23.5 Å². The van der Waals surface area contributed by atoms with Crippen LogP contribution in [0.4, 0.5) is 9.18 Å². The molecular formula is C24H27ClFNO4. The van der Waals surface area contributed by atoms with Gasteiger partial charge in [-0.2, -0.15) is 0 Å². The first-order chi connectivity index (χ1) is 14.8. The summed E-state index contributed by atoms with van der Waals surface area (Å²) >= 11 is 6.13. The molecule has 0 radical (unpaired) electrons. The van der Waals surface area contributed by atoms with Gasteiger partial charge in [-0.3, -0.25) is 9.69 Å². The number of carbonyl (C=O) groups excluding carboxylic acids is 2. The SMILES string of the molecule is CC(C)OC(=O)OC(CN1CCC(C(=O)c2ccc(F)cc2)CC1)c1cccc(Cl)c1. The highest BCUT2D eigenvalue weighted by Crippen LogP contribution is 2.27. The third-order valence-electron chi connectivity index (χ3n) is 5.30. The van der Waals surface area contributed by atoms with E-state index in [2.05, 4.69) is 4.90 Å². The molecule has 1 aliphatic heterocycles. The van der Waals surface area contributed by atoms with Crippen LogP contribution in [0.5, 0.6) is 0 Å². The molecule has 5 nitrogen and oxygen atoms in total. The van der Waals surface area contributed by atoms with Gasteiger partial charge in [0.05, 0.1) is 6.10 Å². The van der Waals surface area contributed by atoms with Gasteiger partial charge in [-0.15, -0.1) is 0 Å². The molecule has 0 aliphatic carbocycles. The number of hydrogen-bond acceptors (Lipinski definition) is 5. The van der Waals surface area contributed by atoms with Crippen LogP contribution in [0, 0.1) is 11.7 Å². The highest BCUT2D eigenvalue weighted by molar-refractivity contribution is 6.30. The molecule has 2 aromatic carbocycles. The van der Waals surface area contributed by atoms with E-state index in [1.807, 2.05) is 12.1 Å². The number of rotatable bonds is 7. The fourth-order valence-corrected chi connectivity index (χ4v) is 3.91. The molecule has 0 amide bonds. The molecule has 1 saturated heterocycles. The van der Waals surface area contributed by atoms with Crippen LogP contribution in [0.1, 0.15) is 48.7 Å². The lowest BCUT2D eigenvalue weighted by Gasteiger charge is -2.33. The Morgan fingerprint density at radius 2 is 1.77 bits per heavy atom. The molecule has 7 heteroatoms. The van der Waals surface area contributed by atoms with Crippen LogP contribution in [0.25, 0.3) is 0 Å². The van der Waals surface area contributed by atoms with Crippen molar-refractivity contribution >= 4 is 23.5 Å². The first-order valence-corrected chi connectivity index (χ1v) is 10.8. The fourth-order valence-electron chi connectivity index (χ4n) is 3.72. The first-order valence-electron chi connectivity index (χ1n) is 10.5. The monoisotopic (exact) mass is 447 g/mol. The maximum absolute atomic E-state index is 13.1. The summed E-state index contributed by atoms with van der Waals surface area (Å²) in [4.78, 5) is 27.0. The maximum atomic E-state index is 13.1. The molecule has 0 bridgehead atoms. The minimum absolute atomic E-state index is 0.0443. The Morgan fingerprint density at radius 3 is 2.39 bits per heavy atom. The Labute approximate surface area is 187 Å². The van der Waals surface area contributed by atoms with Gasteiger partial charge in [-0.25, -0.2) is 9.18 Å². The Morgan fingerprint density at radius 1 is 1.10 bits per heavy atom. The quantitative estimate of drug-likeness (QED) is 0.404. The molecule has 0 aromatic heterocycles. The molecule has 0 saturated carbocycles. The van der Waals surface area contributed by atoms with Gasteiger partial charge in [-0.05, 0) is 81.7 Å². The van der Waals surface area contributed by atoms with Crippen molar-refractivity contribution in [1.29, 1.82) is 0 Å². The average Bonchev–Trinajstić information content (AvgIpc) is 2.73. The van der Waals surface area contributed by atoms with E-state index in [9.17, 15) is 14.0 Å². The van der Waals surface area contributed by atoms with Crippen molar-refractivity contribution in [1.82, 2.24) is 4.90 Å². The number of ketones is 1. The number of carbonyl (C=O) groups is 2. The van der Waals surface area contributed by atoms with E-state index >= 15 is 0 Å². The number of piperidine rings is 1. The van der Waals surface area contributed by atoms with E-state index in [0.29, 0.717) is 43.1 Å². The molecule has 2 aromatic rings. The predicted octanol–water partition coefficient (Wildman–Crippen LogP) is 5.68. The van der Waals surface area contributed by atoms with Crippen molar-refractivity contribution in [2.45, 2.75) is 38.9 Å². The zero-order valence-electron chi connectivity index (χ0n) is 17.7. The maximum Gasteiger partial charge on any atom is 0.509 e. The van der Waals surface area contributed by atoms with E-state index in [-0.39, 0.29) is 23.6 Å². The summed E-state index contributed by atoms with van der Waals surface area (Å²) in [5.41, 5.74) is 1.33. The Bertz CT molecular complexity index is 895. The van der Waals surface area contributed by atoms with E-state index in [0.717, 1.165) is 5.56 Å². The second-order valence-electron chi connectivity index (χ2n) is 8.02. The Balaban J connectivity index is 1.62. The van der Waals surface area contributed by atoms with Crippen LogP contribution < -0.4 is 0 Å². The van der Waals surface area contributed by atoms with Crippen LogP contribution in [0.15, 0.2) is 48.5 Å². The number of ether oxygens (including phenoxy) is 2. The minimum atomic E-state index is -0.721. The van der Waals surface area contributed by atoms with Gasteiger partial charge in [0.1, 0.15) is 11.9 Å². The van der Waals surface area contributed by atoms with Gasteiger partial charge in [0.2, 0.25) is 0 Å². The minimum Gasteiger partial charge on any atom is -0.432 e. The first kappa shape index (κ1) is 23.2. The highest BCUT2D eigenvalue weighted by atomic mass is 35.5. The summed E-state index contributed by atoms with van der Waals surface area (Å²) in [6.45, 7) is 5.39. The van der Waals surface area contributed by atoms with E-state index in [1.165, 1.54) is 24.3 Å². The highest BCUT2D eigenvalue weighted by Gasteiger charge is 2.29. The third kappa shape index (κ3) is 6.77. The van der Waals surface area contributed by atoms with E-state index in [4.69, 9.17) is 21.1 Å². The summed E-state index contributed by atoms with van der Waals surface area (Å²) in [7, 11) is 0. The van der Waals surface area contributed by atoms with Crippen molar-refractivity contribution in [2.24, 2.45) is 5.92 Å². The Hall–Kier alpha value is -2.44. The van der Waals surface area contributed by atoms with Gasteiger partial charge < -0.3 is 9.47 Å². The summed E-state index contributed by atoms with van der Waals surface area (Å²) in [6.07, 6.45) is -0.152. The smallest absolute Gasteiger partial charge is 0.432 e. The zero-order chi connectivity index (χ0) is 22.4.